The Morgan fingerprint density at radius 1 is 1.25 bits per heavy atom. The molecule has 4 atom stereocenters. The summed E-state index contributed by atoms with van der Waals surface area (Å²) in [6.07, 6.45) is -4.58. The Hall–Kier alpha value is -1.32. The van der Waals surface area contributed by atoms with Gasteiger partial charge in [-0.1, -0.05) is 30.3 Å². The van der Waals surface area contributed by atoms with Crippen molar-refractivity contribution < 1.29 is 43.0 Å². The van der Waals surface area contributed by atoms with E-state index in [2.05, 4.69) is 4.52 Å². The molecular formula is C14H19O9P. The Labute approximate surface area is 138 Å². The van der Waals surface area contributed by atoms with Gasteiger partial charge in [0.15, 0.2) is 12.4 Å². The van der Waals surface area contributed by atoms with Crippen LogP contribution in [0.15, 0.2) is 30.3 Å². The number of aliphatic hydroxyl groups is 1. The van der Waals surface area contributed by atoms with Crippen LogP contribution in [0, 0.1) is 0 Å². The second-order valence-electron chi connectivity index (χ2n) is 5.19. The molecule has 0 aliphatic carbocycles. The predicted molar refractivity (Wildman–Crippen MR) is 79.4 cm³/mol. The molecule has 0 bridgehead atoms. The maximum atomic E-state index is 11.2. The van der Waals surface area contributed by atoms with E-state index in [0.29, 0.717) is 0 Å². The molecular weight excluding hydrogens is 343 g/mol. The smallest absolute Gasteiger partial charge is 0.454 e. The number of carbonyl (C=O) groups is 1. The quantitative estimate of drug-likeness (QED) is 0.464. The Kier molecular flexibility index (Phi) is 6.47. The lowest BCUT2D eigenvalue weighted by molar-refractivity contribution is -0.172. The second kappa shape index (κ2) is 8.17. The standard InChI is InChI=1S/C14H19O9P/c1-9(15)22-13-12(20-7-10-5-3-2-4-6-10)11(23-14(13)16)8-21-24(17,18)19/h2-6,11-14,16H,7-8H2,1H3,(H2,17,18,19)/t11-,12?,13+,14+/m1/s1. The van der Waals surface area contributed by atoms with E-state index in [1.165, 1.54) is 6.92 Å². The van der Waals surface area contributed by atoms with E-state index in [-0.39, 0.29) is 6.61 Å². The average molecular weight is 362 g/mol. The minimum atomic E-state index is -4.71. The molecule has 134 valence electrons. The van der Waals surface area contributed by atoms with Crippen LogP contribution in [0.1, 0.15) is 12.5 Å². The van der Waals surface area contributed by atoms with Gasteiger partial charge in [-0.05, 0) is 5.56 Å². The van der Waals surface area contributed by atoms with E-state index < -0.39 is 45.0 Å². The third-order valence-electron chi connectivity index (χ3n) is 3.28. The van der Waals surface area contributed by atoms with Crippen LogP contribution in [-0.2, 0) is 34.7 Å². The molecule has 1 aliphatic rings. The Bertz CT molecular complexity index is 587. The van der Waals surface area contributed by atoms with Crippen LogP contribution in [0.5, 0.6) is 0 Å². The van der Waals surface area contributed by atoms with Gasteiger partial charge in [0, 0.05) is 6.92 Å². The largest absolute Gasteiger partial charge is 0.469 e. The van der Waals surface area contributed by atoms with Crippen LogP contribution in [0.25, 0.3) is 0 Å². The Morgan fingerprint density at radius 3 is 2.50 bits per heavy atom. The van der Waals surface area contributed by atoms with Crippen molar-refractivity contribution in [3.63, 3.8) is 0 Å². The number of ether oxygens (including phenoxy) is 3. The average Bonchev–Trinajstić information content (AvgIpc) is 2.79. The van der Waals surface area contributed by atoms with Gasteiger partial charge >= 0.3 is 13.8 Å². The minimum Gasteiger partial charge on any atom is -0.454 e. The van der Waals surface area contributed by atoms with E-state index in [4.69, 9.17) is 24.0 Å². The number of benzene rings is 1. The van der Waals surface area contributed by atoms with E-state index in [9.17, 15) is 14.5 Å². The number of hydrogen-bond acceptors (Lipinski definition) is 7. The highest BCUT2D eigenvalue weighted by Crippen LogP contribution is 2.37. The summed E-state index contributed by atoms with van der Waals surface area (Å²) in [5, 5.41) is 9.88. The van der Waals surface area contributed by atoms with Crippen LogP contribution < -0.4 is 0 Å². The lowest BCUT2D eigenvalue weighted by Gasteiger charge is -2.23. The number of phosphoric acid groups is 1. The number of aliphatic hydroxyl groups excluding tert-OH is 1. The van der Waals surface area contributed by atoms with Crippen molar-refractivity contribution >= 4 is 13.8 Å². The number of hydrogen-bond donors (Lipinski definition) is 3. The lowest BCUT2D eigenvalue weighted by Crippen LogP contribution is -2.39. The fraction of sp³-hybridized carbons (Fsp3) is 0.500. The zero-order chi connectivity index (χ0) is 17.7. The van der Waals surface area contributed by atoms with Crippen molar-refractivity contribution in [1.29, 1.82) is 0 Å². The molecule has 1 heterocycles. The molecule has 9 nitrogen and oxygen atoms in total. The Balaban J connectivity index is 2.07. The Morgan fingerprint density at radius 2 is 1.92 bits per heavy atom. The van der Waals surface area contributed by atoms with Crippen molar-refractivity contribution in [3.05, 3.63) is 35.9 Å². The first kappa shape index (κ1) is 19.0. The molecule has 1 unspecified atom stereocenters. The maximum Gasteiger partial charge on any atom is 0.469 e. The van der Waals surface area contributed by atoms with Crippen molar-refractivity contribution in [3.8, 4) is 0 Å². The third-order valence-corrected chi connectivity index (χ3v) is 3.77. The second-order valence-corrected chi connectivity index (χ2v) is 6.43. The highest BCUT2D eigenvalue weighted by molar-refractivity contribution is 7.46. The molecule has 1 aromatic carbocycles. The monoisotopic (exact) mass is 362 g/mol. The van der Waals surface area contributed by atoms with Crippen LogP contribution >= 0.6 is 7.82 Å². The van der Waals surface area contributed by atoms with Crippen LogP contribution in [-0.4, -0.2) is 52.1 Å². The van der Waals surface area contributed by atoms with Crippen molar-refractivity contribution in [2.24, 2.45) is 0 Å². The fourth-order valence-electron chi connectivity index (χ4n) is 2.30. The topological polar surface area (TPSA) is 132 Å². The third kappa shape index (κ3) is 5.64. The molecule has 1 saturated heterocycles. The SMILES string of the molecule is CC(=O)O[C@H]1C(OCc2ccccc2)[C@@H](COP(=O)(O)O)O[C@@H]1O. The summed E-state index contributed by atoms with van der Waals surface area (Å²) in [6, 6.07) is 9.10. The normalized spacial score (nSPS) is 27.2. The summed E-state index contributed by atoms with van der Waals surface area (Å²) in [6.45, 7) is 0.769. The van der Waals surface area contributed by atoms with E-state index in [1.807, 2.05) is 30.3 Å². The first-order valence-electron chi connectivity index (χ1n) is 7.12. The predicted octanol–water partition coefficient (Wildman–Crippen LogP) is 0.330. The van der Waals surface area contributed by atoms with E-state index in [1.54, 1.807) is 0 Å². The molecule has 1 aromatic rings. The molecule has 2 rings (SSSR count). The zero-order valence-electron chi connectivity index (χ0n) is 12.8. The maximum absolute atomic E-state index is 11.2. The number of esters is 1. The van der Waals surface area contributed by atoms with Gasteiger partial charge in [-0.25, -0.2) is 4.57 Å². The molecule has 0 radical (unpaired) electrons. The molecule has 10 heteroatoms. The van der Waals surface area contributed by atoms with Gasteiger partial charge in [0.2, 0.25) is 0 Å². The molecule has 0 spiro atoms. The van der Waals surface area contributed by atoms with Gasteiger partial charge in [0.25, 0.3) is 0 Å². The highest BCUT2D eigenvalue weighted by atomic mass is 31.2. The number of phosphoric ester groups is 1. The number of rotatable bonds is 7. The van der Waals surface area contributed by atoms with Gasteiger partial charge in [0.05, 0.1) is 13.2 Å². The van der Waals surface area contributed by atoms with E-state index in [0.717, 1.165) is 5.56 Å². The zero-order valence-corrected chi connectivity index (χ0v) is 13.7. The summed E-state index contributed by atoms with van der Waals surface area (Å²) >= 11 is 0. The highest BCUT2D eigenvalue weighted by Gasteiger charge is 2.47. The molecule has 24 heavy (non-hydrogen) atoms. The first-order chi connectivity index (χ1) is 11.3. The van der Waals surface area contributed by atoms with Gasteiger partial charge in [0.1, 0.15) is 12.2 Å². The summed E-state index contributed by atoms with van der Waals surface area (Å²) in [5.74, 6) is -0.646. The van der Waals surface area contributed by atoms with Crippen molar-refractivity contribution in [2.75, 3.05) is 6.61 Å². The van der Waals surface area contributed by atoms with Gasteiger partial charge < -0.3 is 29.1 Å². The molecule has 0 saturated carbocycles. The van der Waals surface area contributed by atoms with Crippen LogP contribution in [0.2, 0.25) is 0 Å². The van der Waals surface area contributed by atoms with Crippen LogP contribution in [0.4, 0.5) is 0 Å². The molecule has 1 aliphatic heterocycles. The van der Waals surface area contributed by atoms with Crippen molar-refractivity contribution in [1.82, 2.24) is 0 Å². The number of carbonyl (C=O) groups excluding carboxylic acids is 1. The summed E-state index contributed by atoms with van der Waals surface area (Å²) in [5.41, 5.74) is 0.829. The fourth-order valence-corrected chi connectivity index (χ4v) is 2.64. The minimum absolute atomic E-state index is 0.131. The molecule has 3 N–H and O–H groups in total. The van der Waals surface area contributed by atoms with Gasteiger partial charge in [-0.2, -0.15) is 0 Å². The molecule has 0 aromatic heterocycles. The molecule has 0 amide bonds. The molecule has 1 fully saturated rings. The van der Waals surface area contributed by atoms with Crippen LogP contribution in [0.3, 0.4) is 0 Å². The van der Waals surface area contributed by atoms with Gasteiger partial charge in [-0.3, -0.25) is 9.32 Å². The first-order valence-corrected chi connectivity index (χ1v) is 8.65. The summed E-state index contributed by atoms with van der Waals surface area (Å²) in [7, 11) is -4.71. The van der Waals surface area contributed by atoms with E-state index >= 15 is 0 Å². The lowest BCUT2D eigenvalue weighted by atomic mass is 10.1. The summed E-state index contributed by atoms with van der Waals surface area (Å²) in [4.78, 5) is 28.8. The summed E-state index contributed by atoms with van der Waals surface area (Å²) < 4.78 is 31.1. The van der Waals surface area contributed by atoms with Gasteiger partial charge in [-0.15, -0.1) is 0 Å². The van der Waals surface area contributed by atoms with Crippen molar-refractivity contribution in [2.45, 2.75) is 38.1 Å².